The van der Waals surface area contributed by atoms with Crippen molar-refractivity contribution in [3.05, 3.63) is 40.1 Å². The van der Waals surface area contributed by atoms with E-state index in [1.54, 1.807) is 7.11 Å². The van der Waals surface area contributed by atoms with Crippen LogP contribution in [0.25, 0.3) is 5.57 Å². The van der Waals surface area contributed by atoms with Crippen molar-refractivity contribution < 1.29 is 14.3 Å². The van der Waals surface area contributed by atoms with Gasteiger partial charge in [-0.15, -0.1) is 0 Å². The summed E-state index contributed by atoms with van der Waals surface area (Å²) in [5.74, 6) is 1.24. The predicted octanol–water partition coefficient (Wildman–Crippen LogP) is 3.85. The Morgan fingerprint density at radius 1 is 1.08 bits per heavy atom. The largest absolute Gasteiger partial charge is 0.500 e. The van der Waals surface area contributed by atoms with Crippen LogP contribution in [0.15, 0.2) is 17.9 Å². The van der Waals surface area contributed by atoms with Crippen molar-refractivity contribution in [2.45, 2.75) is 58.7 Å². The number of carbonyl (C=O) groups excluding carboxylic acids is 1. The highest BCUT2D eigenvalue weighted by Crippen LogP contribution is 2.55. The summed E-state index contributed by atoms with van der Waals surface area (Å²) in [6, 6.07) is 4.45. The topological polar surface area (TPSA) is 35.5 Å². The van der Waals surface area contributed by atoms with Crippen molar-refractivity contribution in [2.24, 2.45) is 11.8 Å². The molecule has 128 valence electrons. The van der Waals surface area contributed by atoms with Crippen molar-refractivity contribution in [3.8, 4) is 0 Å². The van der Waals surface area contributed by atoms with E-state index in [0.717, 1.165) is 42.6 Å². The monoisotopic (exact) mass is 326 g/mol. The highest BCUT2D eigenvalue weighted by atomic mass is 16.5. The van der Waals surface area contributed by atoms with Crippen molar-refractivity contribution in [1.82, 2.24) is 0 Å². The minimum Gasteiger partial charge on any atom is -0.500 e. The zero-order chi connectivity index (χ0) is 17.0. The molecule has 2 aliphatic heterocycles. The van der Waals surface area contributed by atoms with Crippen LogP contribution in [0, 0.1) is 18.8 Å². The molecule has 0 aromatic heterocycles. The molecule has 1 aromatic rings. The van der Waals surface area contributed by atoms with E-state index in [2.05, 4.69) is 32.9 Å². The van der Waals surface area contributed by atoms with E-state index < -0.39 is 0 Å². The second kappa shape index (κ2) is 5.73. The predicted molar refractivity (Wildman–Crippen MR) is 93.7 cm³/mol. The van der Waals surface area contributed by atoms with E-state index in [4.69, 9.17) is 9.47 Å². The molecule has 1 aliphatic carbocycles. The third-order valence-electron chi connectivity index (χ3n) is 6.05. The number of methoxy groups -OCH3 is 1. The zero-order valence-corrected chi connectivity index (χ0v) is 15.0. The maximum absolute atomic E-state index is 13.3. The summed E-state index contributed by atoms with van der Waals surface area (Å²) < 4.78 is 11.8. The fourth-order valence-corrected chi connectivity index (χ4v) is 5.10. The van der Waals surface area contributed by atoms with Gasteiger partial charge in [-0.2, -0.15) is 0 Å². The van der Waals surface area contributed by atoms with Crippen molar-refractivity contribution in [3.63, 3.8) is 0 Å². The van der Waals surface area contributed by atoms with E-state index in [0.29, 0.717) is 0 Å². The third kappa shape index (κ3) is 2.03. The van der Waals surface area contributed by atoms with E-state index >= 15 is 0 Å². The molecule has 2 heterocycles. The highest BCUT2D eigenvalue weighted by molar-refractivity contribution is 6.26. The first kappa shape index (κ1) is 15.9. The molecular weight excluding hydrogens is 300 g/mol. The maximum atomic E-state index is 13.3. The average Bonchev–Trinajstić information content (AvgIpc) is 3.26. The normalized spacial score (nSPS) is 31.1. The van der Waals surface area contributed by atoms with Gasteiger partial charge in [0.2, 0.25) is 0 Å². The fraction of sp³-hybridized carbons (Fsp3) is 0.571. The fourth-order valence-electron chi connectivity index (χ4n) is 5.10. The minimum atomic E-state index is -0.0237. The molecule has 3 nitrogen and oxygen atoms in total. The standard InChI is InChI=1S/C21H26O3/c1-5-12-9-11(3)10-13(6-2)16(12)19-20(22)17-14-7-8-15(24-14)18(17)21(19)23-4/h9-10,14-15,17-18H,5-8H2,1-4H3/t14-,15+,17+,18-/m0/s1. The lowest BCUT2D eigenvalue weighted by Gasteiger charge is -2.21. The molecule has 0 radical (unpaired) electrons. The summed E-state index contributed by atoms with van der Waals surface area (Å²) in [5, 5.41) is 0. The molecule has 2 fully saturated rings. The molecule has 2 bridgehead atoms. The molecule has 0 N–H and O–H groups in total. The Morgan fingerprint density at radius 2 is 1.67 bits per heavy atom. The first-order chi connectivity index (χ1) is 11.6. The van der Waals surface area contributed by atoms with Crippen LogP contribution < -0.4 is 0 Å². The number of hydrogen-bond acceptors (Lipinski definition) is 3. The average molecular weight is 326 g/mol. The zero-order valence-electron chi connectivity index (χ0n) is 15.0. The van der Waals surface area contributed by atoms with Gasteiger partial charge in [0.05, 0.1) is 36.7 Å². The molecule has 4 atom stereocenters. The van der Waals surface area contributed by atoms with Gasteiger partial charge in [0, 0.05) is 0 Å². The van der Waals surface area contributed by atoms with Crippen LogP contribution in [0.1, 0.15) is 48.9 Å². The Balaban J connectivity index is 1.92. The molecule has 4 rings (SSSR count). The number of hydrogen-bond donors (Lipinski definition) is 0. The minimum absolute atomic E-state index is 0.0237. The number of ether oxygens (including phenoxy) is 2. The van der Waals surface area contributed by atoms with E-state index in [1.165, 1.54) is 16.7 Å². The summed E-state index contributed by atoms with van der Waals surface area (Å²) >= 11 is 0. The number of benzene rings is 1. The van der Waals surface area contributed by atoms with Gasteiger partial charge in [-0.3, -0.25) is 4.79 Å². The molecule has 0 saturated carbocycles. The van der Waals surface area contributed by atoms with Crippen LogP contribution in [0.3, 0.4) is 0 Å². The van der Waals surface area contributed by atoms with Crippen molar-refractivity contribution in [2.75, 3.05) is 7.11 Å². The van der Waals surface area contributed by atoms with Gasteiger partial charge in [-0.25, -0.2) is 0 Å². The molecule has 2 saturated heterocycles. The quantitative estimate of drug-likeness (QED) is 0.843. The molecule has 3 aliphatic rings. The number of allylic oxidation sites excluding steroid dienone is 1. The number of Topliss-reactive ketones (excluding diaryl/α,β-unsaturated/α-hetero) is 1. The molecule has 1 aromatic carbocycles. The van der Waals surface area contributed by atoms with Crippen LogP contribution in [0.2, 0.25) is 0 Å². The Kier molecular flexibility index (Phi) is 3.80. The number of rotatable bonds is 4. The van der Waals surface area contributed by atoms with Gasteiger partial charge >= 0.3 is 0 Å². The SMILES string of the molecule is CCc1cc(C)cc(CC)c1C1=C(OC)[C@@H]2[C@H](C1=O)[C@@H]1CC[C@H]2O1. The van der Waals surface area contributed by atoms with Gasteiger partial charge in [-0.05, 0) is 49.3 Å². The van der Waals surface area contributed by atoms with E-state index in [1.807, 2.05) is 0 Å². The lowest BCUT2D eigenvalue weighted by molar-refractivity contribution is -0.118. The summed E-state index contributed by atoms with van der Waals surface area (Å²) in [6.07, 6.45) is 4.17. The van der Waals surface area contributed by atoms with E-state index in [-0.39, 0.29) is 29.8 Å². The second-order valence-corrected chi connectivity index (χ2v) is 7.31. The van der Waals surface area contributed by atoms with Crippen LogP contribution in [-0.4, -0.2) is 25.1 Å². The van der Waals surface area contributed by atoms with Gasteiger partial charge in [0.15, 0.2) is 5.78 Å². The van der Waals surface area contributed by atoms with Crippen molar-refractivity contribution in [1.29, 1.82) is 0 Å². The van der Waals surface area contributed by atoms with Gasteiger partial charge < -0.3 is 9.47 Å². The second-order valence-electron chi connectivity index (χ2n) is 7.31. The number of aryl methyl sites for hydroxylation is 3. The summed E-state index contributed by atoms with van der Waals surface area (Å²) in [7, 11) is 1.71. The van der Waals surface area contributed by atoms with Crippen LogP contribution in [-0.2, 0) is 27.1 Å². The first-order valence-corrected chi connectivity index (χ1v) is 9.21. The Bertz CT molecular complexity index is 706. The molecular formula is C21H26O3. The number of ketones is 1. The summed E-state index contributed by atoms with van der Waals surface area (Å²) in [5.41, 5.74) is 5.78. The molecule has 3 heteroatoms. The number of carbonyl (C=O) groups is 1. The lowest BCUT2D eigenvalue weighted by atomic mass is 9.80. The molecule has 0 unspecified atom stereocenters. The third-order valence-corrected chi connectivity index (χ3v) is 6.05. The summed E-state index contributed by atoms with van der Waals surface area (Å²) in [4.78, 5) is 13.3. The van der Waals surface area contributed by atoms with Gasteiger partial charge in [0.1, 0.15) is 5.76 Å². The summed E-state index contributed by atoms with van der Waals surface area (Å²) in [6.45, 7) is 6.46. The van der Waals surface area contributed by atoms with E-state index in [9.17, 15) is 4.79 Å². The first-order valence-electron chi connectivity index (χ1n) is 9.21. The molecule has 0 amide bonds. The Morgan fingerprint density at radius 3 is 2.21 bits per heavy atom. The maximum Gasteiger partial charge on any atom is 0.173 e. The molecule has 0 spiro atoms. The lowest BCUT2D eigenvalue weighted by Crippen LogP contribution is -2.29. The van der Waals surface area contributed by atoms with Crippen LogP contribution >= 0.6 is 0 Å². The van der Waals surface area contributed by atoms with Crippen molar-refractivity contribution >= 4 is 11.4 Å². The Labute approximate surface area is 144 Å². The number of fused-ring (bicyclic) bond motifs is 5. The highest BCUT2D eigenvalue weighted by Gasteiger charge is 2.59. The van der Waals surface area contributed by atoms with Crippen LogP contribution in [0.4, 0.5) is 0 Å². The van der Waals surface area contributed by atoms with Gasteiger partial charge in [-0.1, -0.05) is 31.5 Å². The van der Waals surface area contributed by atoms with Crippen LogP contribution in [0.5, 0.6) is 0 Å². The Hall–Kier alpha value is -1.61. The van der Waals surface area contributed by atoms with Gasteiger partial charge in [0.25, 0.3) is 0 Å². The smallest absolute Gasteiger partial charge is 0.173 e. The molecule has 24 heavy (non-hydrogen) atoms.